The summed E-state index contributed by atoms with van der Waals surface area (Å²) in [6, 6.07) is 0.410. The van der Waals surface area contributed by atoms with E-state index in [0.717, 1.165) is 38.9 Å². The van der Waals surface area contributed by atoms with E-state index in [1.165, 1.54) is 0 Å². The first-order valence-electron chi connectivity index (χ1n) is 7.64. The monoisotopic (exact) mass is 269 g/mol. The summed E-state index contributed by atoms with van der Waals surface area (Å²) >= 11 is 0. The quantitative estimate of drug-likeness (QED) is 0.726. The van der Waals surface area contributed by atoms with Gasteiger partial charge in [0.05, 0.1) is 6.04 Å². The van der Waals surface area contributed by atoms with Crippen LogP contribution in [0.4, 0.5) is 0 Å². The van der Waals surface area contributed by atoms with Crippen LogP contribution in [0.2, 0.25) is 0 Å². The molecule has 4 nitrogen and oxygen atoms in total. The van der Waals surface area contributed by atoms with E-state index in [9.17, 15) is 4.79 Å². The molecule has 0 aromatic carbocycles. The molecule has 1 fully saturated rings. The molecule has 0 spiro atoms. The summed E-state index contributed by atoms with van der Waals surface area (Å²) in [6.45, 7) is 9.41. The van der Waals surface area contributed by atoms with Gasteiger partial charge in [-0.3, -0.25) is 4.79 Å². The molecule has 1 saturated heterocycles. The van der Waals surface area contributed by atoms with Crippen molar-refractivity contribution in [1.29, 1.82) is 0 Å². The van der Waals surface area contributed by atoms with Crippen molar-refractivity contribution in [2.75, 3.05) is 33.7 Å². The number of rotatable bonds is 8. The van der Waals surface area contributed by atoms with Gasteiger partial charge in [-0.1, -0.05) is 20.8 Å². The van der Waals surface area contributed by atoms with E-state index in [0.29, 0.717) is 17.9 Å². The van der Waals surface area contributed by atoms with E-state index in [2.05, 4.69) is 50.0 Å². The first-order valence-corrected chi connectivity index (χ1v) is 7.64. The van der Waals surface area contributed by atoms with Crippen molar-refractivity contribution in [2.45, 2.75) is 52.1 Å². The van der Waals surface area contributed by atoms with Gasteiger partial charge in [-0.2, -0.15) is 0 Å². The van der Waals surface area contributed by atoms with Crippen molar-refractivity contribution in [3.8, 4) is 0 Å². The van der Waals surface area contributed by atoms with Crippen molar-refractivity contribution < 1.29 is 4.79 Å². The molecule has 19 heavy (non-hydrogen) atoms. The average molecular weight is 269 g/mol. The first kappa shape index (κ1) is 16.4. The van der Waals surface area contributed by atoms with Gasteiger partial charge in [-0.25, -0.2) is 0 Å². The highest BCUT2D eigenvalue weighted by atomic mass is 16.2. The van der Waals surface area contributed by atoms with Gasteiger partial charge in [-0.05, 0) is 45.8 Å². The Kier molecular flexibility index (Phi) is 6.80. The summed E-state index contributed by atoms with van der Waals surface area (Å²) in [5.74, 6) is 0.932. The SMILES string of the molecule is CCCNC1CCN(C(CC(C)C)CN(C)C)C1=O. The Morgan fingerprint density at radius 2 is 2.11 bits per heavy atom. The smallest absolute Gasteiger partial charge is 0.240 e. The fourth-order valence-corrected chi connectivity index (χ4v) is 2.84. The van der Waals surface area contributed by atoms with Gasteiger partial charge >= 0.3 is 0 Å². The van der Waals surface area contributed by atoms with Crippen molar-refractivity contribution in [2.24, 2.45) is 5.92 Å². The molecule has 4 heteroatoms. The van der Waals surface area contributed by atoms with Crippen LogP contribution in [0.15, 0.2) is 0 Å². The number of nitrogens with zero attached hydrogens (tertiary/aromatic N) is 2. The molecule has 0 aromatic heterocycles. The second-order valence-electron chi connectivity index (χ2n) is 6.37. The van der Waals surface area contributed by atoms with Crippen molar-refractivity contribution in [3.05, 3.63) is 0 Å². The molecule has 1 aliphatic rings. The lowest BCUT2D eigenvalue weighted by molar-refractivity contribution is -0.131. The third kappa shape index (κ3) is 5.11. The standard InChI is InChI=1S/C15H31N3O/c1-6-8-16-14-7-9-18(15(14)19)13(10-12(2)3)11-17(4)5/h12-14,16H,6-11H2,1-5H3. The van der Waals surface area contributed by atoms with Crippen LogP contribution in [-0.4, -0.2) is 61.5 Å². The van der Waals surface area contributed by atoms with Gasteiger partial charge in [0, 0.05) is 19.1 Å². The normalized spacial score (nSPS) is 21.7. The minimum atomic E-state index is 0.0526. The highest BCUT2D eigenvalue weighted by Crippen LogP contribution is 2.20. The van der Waals surface area contributed by atoms with E-state index < -0.39 is 0 Å². The van der Waals surface area contributed by atoms with Gasteiger partial charge in [0.25, 0.3) is 0 Å². The molecule has 0 aliphatic carbocycles. The lowest BCUT2D eigenvalue weighted by atomic mass is 10.0. The minimum Gasteiger partial charge on any atom is -0.337 e. The predicted octanol–water partition coefficient (Wildman–Crippen LogP) is 1.56. The molecule has 1 N–H and O–H groups in total. The minimum absolute atomic E-state index is 0.0526. The molecular formula is C15H31N3O. The number of hydrogen-bond donors (Lipinski definition) is 1. The van der Waals surface area contributed by atoms with E-state index in [1.807, 2.05) is 0 Å². The third-order valence-corrected chi connectivity index (χ3v) is 3.64. The van der Waals surface area contributed by atoms with Crippen molar-refractivity contribution >= 4 is 5.91 Å². The highest BCUT2D eigenvalue weighted by molar-refractivity contribution is 5.84. The molecular weight excluding hydrogens is 238 g/mol. The third-order valence-electron chi connectivity index (χ3n) is 3.64. The van der Waals surface area contributed by atoms with Crippen LogP contribution in [0.1, 0.15) is 40.0 Å². The Morgan fingerprint density at radius 3 is 2.63 bits per heavy atom. The van der Waals surface area contributed by atoms with Crippen LogP contribution >= 0.6 is 0 Å². The first-order chi connectivity index (χ1) is 8.95. The molecule has 0 aromatic rings. The number of hydrogen-bond acceptors (Lipinski definition) is 3. The van der Waals surface area contributed by atoms with Crippen LogP contribution in [0.5, 0.6) is 0 Å². The number of carbonyl (C=O) groups is 1. The lowest BCUT2D eigenvalue weighted by Crippen LogP contribution is -2.47. The summed E-state index contributed by atoms with van der Waals surface area (Å²) in [5, 5.41) is 3.37. The summed E-state index contributed by atoms with van der Waals surface area (Å²) < 4.78 is 0. The molecule has 2 unspecified atom stereocenters. The molecule has 112 valence electrons. The van der Waals surface area contributed by atoms with Gasteiger partial charge < -0.3 is 15.1 Å². The fraction of sp³-hybridized carbons (Fsp3) is 0.933. The van der Waals surface area contributed by atoms with Crippen LogP contribution in [0.3, 0.4) is 0 Å². The largest absolute Gasteiger partial charge is 0.337 e. The van der Waals surface area contributed by atoms with Gasteiger partial charge in [-0.15, -0.1) is 0 Å². The average Bonchev–Trinajstić information content (AvgIpc) is 2.66. The van der Waals surface area contributed by atoms with Crippen LogP contribution in [0, 0.1) is 5.92 Å². The molecule has 1 aliphatic heterocycles. The van der Waals surface area contributed by atoms with Crippen molar-refractivity contribution in [1.82, 2.24) is 15.1 Å². The predicted molar refractivity (Wildman–Crippen MR) is 80.2 cm³/mol. The highest BCUT2D eigenvalue weighted by Gasteiger charge is 2.35. The zero-order valence-corrected chi connectivity index (χ0v) is 13.3. The Balaban J connectivity index is 2.61. The number of likely N-dealkylation sites (N-methyl/N-ethyl adjacent to an activating group) is 1. The zero-order chi connectivity index (χ0) is 14.4. The summed E-state index contributed by atoms with van der Waals surface area (Å²) in [4.78, 5) is 16.8. The summed E-state index contributed by atoms with van der Waals surface area (Å²) in [7, 11) is 4.17. The van der Waals surface area contributed by atoms with E-state index in [1.54, 1.807) is 0 Å². The molecule has 0 saturated carbocycles. The Bertz CT molecular complexity index is 269. The van der Waals surface area contributed by atoms with Crippen molar-refractivity contribution in [3.63, 3.8) is 0 Å². The maximum absolute atomic E-state index is 12.5. The maximum atomic E-state index is 12.5. The Hall–Kier alpha value is -0.610. The fourth-order valence-electron chi connectivity index (χ4n) is 2.84. The zero-order valence-electron chi connectivity index (χ0n) is 13.3. The summed E-state index contributed by atoms with van der Waals surface area (Å²) in [5.41, 5.74) is 0. The summed E-state index contributed by atoms with van der Waals surface area (Å²) in [6.07, 6.45) is 3.13. The van der Waals surface area contributed by atoms with E-state index >= 15 is 0 Å². The van der Waals surface area contributed by atoms with Gasteiger partial charge in [0.15, 0.2) is 0 Å². The molecule has 2 atom stereocenters. The van der Waals surface area contributed by atoms with Crippen LogP contribution in [-0.2, 0) is 4.79 Å². The van der Waals surface area contributed by atoms with Gasteiger partial charge in [0.2, 0.25) is 5.91 Å². The second kappa shape index (κ2) is 7.85. The van der Waals surface area contributed by atoms with E-state index in [4.69, 9.17) is 0 Å². The number of carbonyl (C=O) groups excluding carboxylic acids is 1. The second-order valence-corrected chi connectivity index (χ2v) is 6.37. The lowest BCUT2D eigenvalue weighted by Gasteiger charge is -2.31. The number of amides is 1. The molecule has 0 bridgehead atoms. The Labute approximate surface area is 118 Å². The number of likely N-dealkylation sites (tertiary alicyclic amines) is 1. The van der Waals surface area contributed by atoms with Gasteiger partial charge in [0.1, 0.15) is 0 Å². The topological polar surface area (TPSA) is 35.6 Å². The maximum Gasteiger partial charge on any atom is 0.240 e. The molecule has 1 rings (SSSR count). The van der Waals surface area contributed by atoms with E-state index in [-0.39, 0.29) is 6.04 Å². The molecule has 1 heterocycles. The number of nitrogens with one attached hydrogen (secondary N) is 1. The Morgan fingerprint density at radius 1 is 1.42 bits per heavy atom. The van der Waals surface area contributed by atoms with Crippen LogP contribution < -0.4 is 5.32 Å². The van der Waals surface area contributed by atoms with Crippen LogP contribution in [0.25, 0.3) is 0 Å². The molecule has 0 radical (unpaired) electrons. The molecule has 1 amide bonds.